The van der Waals surface area contributed by atoms with Crippen LogP contribution in [0.2, 0.25) is 0 Å². The molecule has 0 spiro atoms. The van der Waals surface area contributed by atoms with Gasteiger partial charge in [0.25, 0.3) is 5.91 Å². The lowest BCUT2D eigenvalue weighted by Gasteiger charge is -2.06. The summed E-state index contributed by atoms with van der Waals surface area (Å²) in [6, 6.07) is 7.79. The molecule has 0 aliphatic rings. The molecule has 1 aromatic carbocycles. The van der Waals surface area contributed by atoms with Crippen molar-refractivity contribution < 1.29 is 4.79 Å². The van der Waals surface area contributed by atoms with Gasteiger partial charge in [0.1, 0.15) is 5.82 Å². The number of aromatic nitrogens is 2. The average molecular weight is 242 g/mol. The molecule has 0 bridgehead atoms. The number of hydrogen-bond acceptors (Lipinski definition) is 4. The standard InChI is InChI=1S/C13H14N4O/c1-8-4-3-5-9(6-8)12-16-7-10(11(14)17-12)13(18)15-2/h3-7H,1-2H3,(H,15,18)(H2,14,16,17). The fourth-order valence-corrected chi connectivity index (χ4v) is 1.63. The van der Waals surface area contributed by atoms with Crippen LogP contribution in [0.25, 0.3) is 11.4 Å². The van der Waals surface area contributed by atoms with Crippen LogP contribution in [0.5, 0.6) is 0 Å². The van der Waals surface area contributed by atoms with Crippen LogP contribution in [-0.2, 0) is 0 Å². The predicted molar refractivity (Wildman–Crippen MR) is 70.0 cm³/mol. The molecule has 1 heterocycles. The summed E-state index contributed by atoms with van der Waals surface area (Å²) in [5.41, 5.74) is 8.04. The van der Waals surface area contributed by atoms with E-state index in [1.807, 2.05) is 31.2 Å². The number of nitrogens with two attached hydrogens (primary N) is 1. The van der Waals surface area contributed by atoms with Gasteiger partial charge in [0.05, 0.1) is 5.56 Å². The summed E-state index contributed by atoms with van der Waals surface area (Å²) in [5, 5.41) is 2.49. The molecule has 1 amide bonds. The van der Waals surface area contributed by atoms with Crippen LogP contribution >= 0.6 is 0 Å². The third-order valence-corrected chi connectivity index (χ3v) is 2.57. The van der Waals surface area contributed by atoms with Crippen LogP contribution in [0.3, 0.4) is 0 Å². The van der Waals surface area contributed by atoms with Crippen molar-refractivity contribution in [1.82, 2.24) is 15.3 Å². The van der Waals surface area contributed by atoms with Crippen LogP contribution in [0, 0.1) is 6.92 Å². The van der Waals surface area contributed by atoms with Crippen molar-refractivity contribution in [3.05, 3.63) is 41.6 Å². The van der Waals surface area contributed by atoms with Gasteiger partial charge in [-0.1, -0.05) is 23.8 Å². The molecule has 3 N–H and O–H groups in total. The highest BCUT2D eigenvalue weighted by molar-refractivity contribution is 5.98. The number of amides is 1. The Morgan fingerprint density at radius 1 is 1.39 bits per heavy atom. The monoisotopic (exact) mass is 242 g/mol. The van der Waals surface area contributed by atoms with Crippen molar-refractivity contribution in [2.24, 2.45) is 0 Å². The maximum atomic E-state index is 11.5. The molecule has 0 unspecified atom stereocenters. The van der Waals surface area contributed by atoms with Crippen LogP contribution in [0.1, 0.15) is 15.9 Å². The van der Waals surface area contributed by atoms with Gasteiger partial charge in [0.2, 0.25) is 0 Å². The summed E-state index contributed by atoms with van der Waals surface area (Å²) in [4.78, 5) is 19.8. The third kappa shape index (κ3) is 2.29. The molecule has 18 heavy (non-hydrogen) atoms. The van der Waals surface area contributed by atoms with E-state index in [-0.39, 0.29) is 17.3 Å². The van der Waals surface area contributed by atoms with Gasteiger partial charge < -0.3 is 11.1 Å². The molecule has 0 atom stereocenters. The zero-order chi connectivity index (χ0) is 13.1. The zero-order valence-corrected chi connectivity index (χ0v) is 10.3. The van der Waals surface area contributed by atoms with Gasteiger partial charge in [-0.2, -0.15) is 0 Å². The molecular formula is C13H14N4O. The summed E-state index contributed by atoms with van der Waals surface area (Å²) in [5.74, 6) is 0.410. The Labute approximate surface area is 105 Å². The molecule has 2 aromatic rings. The summed E-state index contributed by atoms with van der Waals surface area (Å²) in [6.45, 7) is 1.99. The topological polar surface area (TPSA) is 80.9 Å². The Hall–Kier alpha value is -2.43. The van der Waals surface area contributed by atoms with Crippen molar-refractivity contribution >= 4 is 11.7 Å². The number of rotatable bonds is 2. The zero-order valence-electron chi connectivity index (χ0n) is 10.3. The van der Waals surface area contributed by atoms with Crippen molar-refractivity contribution in [1.29, 1.82) is 0 Å². The molecule has 0 aliphatic carbocycles. The smallest absolute Gasteiger partial charge is 0.256 e. The molecule has 0 aliphatic heterocycles. The van der Waals surface area contributed by atoms with Gasteiger partial charge in [-0.25, -0.2) is 9.97 Å². The lowest BCUT2D eigenvalue weighted by Crippen LogP contribution is -2.20. The van der Waals surface area contributed by atoms with Gasteiger partial charge in [0, 0.05) is 18.8 Å². The minimum Gasteiger partial charge on any atom is -0.383 e. The number of nitrogens with one attached hydrogen (secondary N) is 1. The Morgan fingerprint density at radius 3 is 2.78 bits per heavy atom. The lowest BCUT2D eigenvalue weighted by molar-refractivity contribution is 0.0963. The van der Waals surface area contributed by atoms with Crippen molar-refractivity contribution in [3.63, 3.8) is 0 Å². The number of carbonyl (C=O) groups is 1. The maximum Gasteiger partial charge on any atom is 0.256 e. The molecule has 1 aromatic heterocycles. The number of carbonyl (C=O) groups excluding carboxylic acids is 1. The molecule has 0 fully saturated rings. The average Bonchev–Trinajstić information content (AvgIpc) is 2.37. The summed E-state index contributed by atoms with van der Waals surface area (Å²) < 4.78 is 0. The van der Waals surface area contributed by atoms with Gasteiger partial charge in [-0.05, 0) is 13.0 Å². The van der Waals surface area contributed by atoms with Crippen LogP contribution in [-0.4, -0.2) is 22.9 Å². The first kappa shape index (κ1) is 12.0. The molecular weight excluding hydrogens is 228 g/mol. The fraction of sp³-hybridized carbons (Fsp3) is 0.154. The summed E-state index contributed by atoms with van der Waals surface area (Å²) in [6.07, 6.45) is 1.44. The number of benzene rings is 1. The van der Waals surface area contributed by atoms with Gasteiger partial charge in [-0.3, -0.25) is 4.79 Å². The lowest BCUT2D eigenvalue weighted by atomic mass is 10.1. The Kier molecular flexibility index (Phi) is 3.23. The van der Waals surface area contributed by atoms with E-state index >= 15 is 0 Å². The fourth-order valence-electron chi connectivity index (χ4n) is 1.63. The van der Waals surface area contributed by atoms with Crippen molar-refractivity contribution in [2.45, 2.75) is 6.92 Å². The highest BCUT2D eigenvalue weighted by atomic mass is 16.1. The molecule has 0 radical (unpaired) electrons. The van der Waals surface area contributed by atoms with E-state index in [4.69, 9.17) is 5.73 Å². The van der Waals surface area contributed by atoms with Gasteiger partial charge in [0.15, 0.2) is 5.82 Å². The number of hydrogen-bond donors (Lipinski definition) is 2. The normalized spacial score (nSPS) is 10.1. The molecule has 5 nitrogen and oxygen atoms in total. The Balaban J connectivity index is 2.43. The number of nitrogens with zero attached hydrogens (tertiary/aromatic N) is 2. The van der Waals surface area contributed by atoms with Crippen LogP contribution in [0.4, 0.5) is 5.82 Å². The Morgan fingerprint density at radius 2 is 2.17 bits per heavy atom. The Bertz CT molecular complexity index is 595. The quantitative estimate of drug-likeness (QED) is 0.834. The van der Waals surface area contributed by atoms with E-state index in [1.54, 1.807) is 0 Å². The largest absolute Gasteiger partial charge is 0.383 e. The molecule has 92 valence electrons. The van der Waals surface area contributed by atoms with E-state index < -0.39 is 0 Å². The predicted octanol–water partition coefficient (Wildman–Crippen LogP) is 1.39. The summed E-state index contributed by atoms with van der Waals surface area (Å²) in [7, 11) is 1.54. The van der Waals surface area contributed by atoms with E-state index in [1.165, 1.54) is 13.2 Å². The van der Waals surface area contributed by atoms with Gasteiger partial charge >= 0.3 is 0 Å². The second kappa shape index (κ2) is 4.83. The third-order valence-electron chi connectivity index (χ3n) is 2.57. The summed E-state index contributed by atoms with van der Waals surface area (Å²) >= 11 is 0. The number of aryl methyl sites for hydroxylation is 1. The van der Waals surface area contributed by atoms with Crippen molar-refractivity contribution in [3.8, 4) is 11.4 Å². The first-order valence-corrected chi connectivity index (χ1v) is 5.53. The number of anilines is 1. The van der Waals surface area contributed by atoms with Crippen LogP contribution in [0.15, 0.2) is 30.5 Å². The van der Waals surface area contributed by atoms with E-state index in [0.29, 0.717) is 5.82 Å². The number of nitrogen functional groups attached to an aromatic ring is 1. The highest BCUT2D eigenvalue weighted by Crippen LogP contribution is 2.18. The minimum absolute atomic E-state index is 0.181. The SMILES string of the molecule is CNC(=O)c1cnc(-c2cccc(C)c2)nc1N. The second-order valence-corrected chi connectivity index (χ2v) is 3.94. The van der Waals surface area contributed by atoms with Crippen LogP contribution < -0.4 is 11.1 Å². The minimum atomic E-state index is -0.289. The molecule has 0 saturated carbocycles. The maximum absolute atomic E-state index is 11.5. The van der Waals surface area contributed by atoms with E-state index in [2.05, 4.69) is 15.3 Å². The molecule has 5 heteroatoms. The molecule has 0 saturated heterocycles. The van der Waals surface area contributed by atoms with E-state index in [0.717, 1.165) is 11.1 Å². The van der Waals surface area contributed by atoms with E-state index in [9.17, 15) is 4.79 Å². The highest BCUT2D eigenvalue weighted by Gasteiger charge is 2.11. The molecule has 2 rings (SSSR count). The first-order valence-electron chi connectivity index (χ1n) is 5.53. The first-order chi connectivity index (χ1) is 8.61. The van der Waals surface area contributed by atoms with Gasteiger partial charge in [-0.15, -0.1) is 0 Å². The van der Waals surface area contributed by atoms with Crippen molar-refractivity contribution in [2.75, 3.05) is 12.8 Å². The second-order valence-electron chi connectivity index (χ2n) is 3.94.